The summed E-state index contributed by atoms with van der Waals surface area (Å²) in [5.74, 6) is 0.665. The summed E-state index contributed by atoms with van der Waals surface area (Å²) in [5, 5.41) is 8.47. The number of aromatic nitrogens is 3. The van der Waals surface area contributed by atoms with Crippen molar-refractivity contribution in [2.45, 2.75) is 64.2 Å². The zero-order chi connectivity index (χ0) is 13.4. The van der Waals surface area contributed by atoms with Crippen LogP contribution < -0.4 is 0 Å². The molecule has 1 aromatic rings. The lowest BCUT2D eigenvalue weighted by Crippen LogP contribution is -2.31. The first-order valence-electron chi connectivity index (χ1n) is 6.51. The topological polar surface area (TPSA) is 39.9 Å². The highest BCUT2D eigenvalue weighted by atomic mass is 35.5. The summed E-state index contributed by atoms with van der Waals surface area (Å²) in [6.07, 6.45) is 4.82. The molecule has 1 atom stereocenters. The second-order valence-corrected chi connectivity index (χ2v) is 6.55. The number of nitrogens with zero attached hydrogens (tertiary/aromatic N) is 3. The first kappa shape index (κ1) is 13.8. The van der Waals surface area contributed by atoms with E-state index in [0.717, 1.165) is 25.0 Å². The molecule has 0 bridgehead atoms. The SMILES string of the molecule is CC1(C)CC(n2cc(CCCCl)nn2)C(C)(C)O1. The van der Waals surface area contributed by atoms with Crippen molar-refractivity contribution in [3.63, 3.8) is 0 Å². The van der Waals surface area contributed by atoms with Gasteiger partial charge in [-0.05, 0) is 40.5 Å². The number of halogens is 1. The van der Waals surface area contributed by atoms with Gasteiger partial charge in [-0.15, -0.1) is 16.7 Å². The smallest absolute Gasteiger partial charge is 0.0858 e. The van der Waals surface area contributed by atoms with Crippen molar-refractivity contribution in [3.05, 3.63) is 11.9 Å². The molecule has 1 aromatic heterocycles. The summed E-state index contributed by atoms with van der Waals surface area (Å²) >= 11 is 5.69. The van der Waals surface area contributed by atoms with Crippen LogP contribution in [0.2, 0.25) is 0 Å². The van der Waals surface area contributed by atoms with Crippen LogP contribution >= 0.6 is 11.6 Å². The summed E-state index contributed by atoms with van der Waals surface area (Å²) in [4.78, 5) is 0. The first-order valence-corrected chi connectivity index (χ1v) is 7.04. The number of hydrogen-bond donors (Lipinski definition) is 0. The van der Waals surface area contributed by atoms with Gasteiger partial charge in [-0.2, -0.15) is 0 Å². The number of hydrogen-bond acceptors (Lipinski definition) is 3. The molecule has 0 aromatic carbocycles. The van der Waals surface area contributed by atoms with Gasteiger partial charge in [0.2, 0.25) is 0 Å². The average molecular weight is 272 g/mol. The Morgan fingerprint density at radius 1 is 1.44 bits per heavy atom. The van der Waals surface area contributed by atoms with E-state index in [1.807, 2.05) is 10.9 Å². The summed E-state index contributed by atoms with van der Waals surface area (Å²) in [6, 6.07) is 0.241. The third kappa shape index (κ3) is 2.86. The van der Waals surface area contributed by atoms with Gasteiger partial charge in [-0.1, -0.05) is 5.21 Å². The Labute approximate surface area is 114 Å². The van der Waals surface area contributed by atoms with Gasteiger partial charge in [-0.3, -0.25) is 0 Å². The van der Waals surface area contributed by atoms with Crippen molar-refractivity contribution in [3.8, 4) is 0 Å². The van der Waals surface area contributed by atoms with E-state index >= 15 is 0 Å². The Bertz CT molecular complexity index is 414. The van der Waals surface area contributed by atoms with Crippen molar-refractivity contribution in [2.24, 2.45) is 0 Å². The molecule has 0 spiro atoms. The Morgan fingerprint density at radius 2 is 2.17 bits per heavy atom. The average Bonchev–Trinajstić information content (AvgIpc) is 2.77. The van der Waals surface area contributed by atoms with E-state index < -0.39 is 0 Å². The summed E-state index contributed by atoms with van der Waals surface area (Å²) in [5.41, 5.74) is 0.702. The molecular weight excluding hydrogens is 250 g/mol. The number of ether oxygens (including phenoxy) is 1. The van der Waals surface area contributed by atoms with Crippen molar-refractivity contribution in [1.29, 1.82) is 0 Å². The summed E-state index contributed by atoms with van der Waals surface area (Å²) in [6.45, 7) is 8.49. The third-order valence-electron chi connectivity index (χ3n) is 3.47. The Kier molecular flexibility index (Phi) is 3.70. The molecular formula is C13H22ClN3O. The second kappa shape index (κ2) is 4.82. The molecule has 0 N–H and O–H groups in total. The van der Waals surface area contributed by atoms with Gasteiger partial charge < -0.3 is 4.74 Å². The molecule has 0 amide bonds. The van der Waals surface area contributed by atoms with Gasteiger partial charge >= 0.3 is 0 Å². The zero-order valence-corrected chi connectivity index (χ0v) is 12.4. The molecule has 4 nitrogen and oxygen atoms in total. The van der Waals surface area contributed by atoms with Crippen LogP contribution in [-0.4, -0.2) is 32.1 Å². The number of alkyl halides is 1. The Balaban J connectivity index is 2.14. The minimum absolute atomic E-state index is 0.101. The lowest BCUT2D eigenvalue weighted by Gasteiger charge is -2.26. The highest BCUT2D eigenvalue weighted by Crippen LogP contribution is 2.44. The van der Waals surface area contributed by atoms with E-state index in [4.69, 9.17) is 16.3 Å². The highest BCUT2D eigenvalue weighted by molar-refractivity contribution is 6.17. The molecule has 5 heteroatoms. The fourth-order valence-electron chi connectivity index (χ4n) is 2.77. The first-order chi connectivity index (χ1) is 8.34. The van der Waals surface area contributed by atoms with Gasteiger partial charge in [0.15, 0.2) is 0 Å². The van der Waals surface area contributed by atoms with Crippen LogP contribution in [0, 0.1) is 0 Å². The van der Waals surface area contributed by atoms with Gasteiger partial charge in [0.05, 0.1) is 22.9 Å². The van der Waals surface area contributed by atoms with E-state index in [1.165, 1.54) is 0 Å². The lowest BCUT2D eigenvalue weighted by molar-refractivity contribution is -0.0738. The number of aryl methyl sites for hydroxylation is 1. The fraction of sp³-hybridized carbons (Fsp3) is 0.846. The molecule has 1 aliphatic rings. The quantitative estimate of drug-likeness (QED) is 0.791. The molecule has 2 heterocycles. The maximum absolute atomic E-state index is 6.08. The zero-order valence-electron chi connectivity index (χ0n) is 11.6. The van der Waals surface area contributed by atoms with Crippen LogP contribution in [0.25, 0.3) is 0 Å². The van der Waals surface area contributed by atoms with E-state index in [1.54, 1.807) is 0 Å². The van der Waals surface area contributed by atoms with Crippen LogP contribution in [-0.2, 0) is 11.2 Å². The maximum atomic E-state index is 6.08. The molecule has 1 saturated heterocycles. The predicted molar refractivity (Wildman–Crippen MR) is 72.0 cm³/mol. The molecule has 18 heavy (non-hydrogen) atoms. The van der Waals surface area contributed by atoms with Gasteiger partial charge in [0.1, 0.15) is 0 Å². The van der Waals surface area contributed by atoms with Crippen LogP contribution in [0.5, 0.6) is 0 Å². The van der Waals surface area contributed by atoms with Crippen molar-refractivity contribution >= 4 is 11.6 Å². The summed E-state index contributed by atoms with van der Waals surface area (Å²) in [7, 11) is 0. The van der Waals surface area contributed by atoms with Crippen LogP contribution in [0.1, 0.15) is 52.3 Å². The Morgan fingerprint density at radius 3 is 2.72 bits per heavy atom. The molecule has 1 aliphatic heterocycles. The Hall–Kier alpha value is -0.610. The summed E-state index contributed by atoms with van der Waals surface area (Å²) < 4.78 is 8.04. The molecule has 0 aliphatic carbocycles. The van der Waals surface area contributed by atoms with Crippen molar-refractivity contribution in [1.82, 2.24) is 15.0 Å². The van der Waals surface area contributed by atoms with Crippen molar-refractivity contribution < 1.29 is 4.74 Å². The minimum Gasteiger partial charge on any atom is -0.367 e. The molecule has 102 valence electrons. The molecule has 1 unspecified atom stereocenters. The largest absolute Gasteiger partial charge is 0.367 e. The van der Waals surface area contributed by atoms with Crippen LogP contribution in [0.15, 0.2) is 6.20 Å². The van der Waals surface area contributed by atoms with Gasteiger partial charge in [0.25, 0.3) is 0 Å². The standard InChI is InChI=1S/C13H22ClN3O/c1-12(2)8-11(13(3,4)18-12)17-9-10(15-16-17)6-5-7-14/h9,11H,5-8H2,1-4H3. The van der Waals surface area contributed by atoms with E-state index in [2.05, 4.69) is 38.0 Å². The maximum Gasteiger partial charge on any atom is 0.0858 e. The minimum atomic E-state index is -0.207. The monoisotopic (exact) mass is 271 g/mol. The van der Waals surface area contributed by atoms with Crippen molar-refractivity contribution in [2.75, 3.05) is 5.88 Å². The third-order valence-corrected chi connectivity index (χ3v) is 3.74. The van der Waals surface area contributed by atoms with Crippen LogP contribution in [0.3, 0.4) is 0 Å². The molecule has 0 saturated carbocycles. The highest BCUT2D eigenvalue weighted by Gasteiger charge is 2.47. The van der Waals surface area contributed by atoms with E-state index in [-0.39, 0.29) is 17.2 Å². The molecule has 0 radical (unpaired) electrons. The molecule has 1 fully saturated rings. The second-order valence-electron chi connectivity index (χ2n) is 6.17. The fourth-order valence-corrected chi connectivity index (χ4v) is 2.91. The van der Waals surface area contributed by atoms with E-state index in [0.29, 0.717) is 5.88 Å². The van der Waals surface area contributed by atoms with Gasteiger partial charge in [-0.25, -0.2) is 4.68 Å². The van der Waals surface area contributed by atoms with Gasteiger partial charge in [0, 0.05) is 18.5 Å². The van der Waals surface area contributed by atoms with E-state index in [9.17, 15) is 0 Å². The normalized spacial score (nSPS) is 25.5. The molecule has 2 rings (SSSR count). The predicted octanol–water partition coefficient (Wildman–Crippen LogP) is 2.97. The van der Waals surface area contributed by atoms with Crippen LogP contribution in [0.4, 0.5) is 0 Å². The lowest BCUT2D eigenvalue weighted by atomic mass is 9.95. The number of rotatable bonds is 4.